The summed E-state index contributed by atoms with van der Waals surface area (Å²) in [5, 5.41) is 0. The molecule has 1 saturated heterocycles. The summed E-state index contributed by atoms with van der Waals surface area (Å²) in [4.78, 5) is 13.8. The van der Waals surface area contributed by atoms with Gasteiger partial charge in [-0.25, -0.2) is 0 Å². The van der Waals surface area contributed by atoms with Gasteiger partial charge in [0.25, 0.3) is 5.91 Å². The van der Waals surface area contributed by atoms with Gasteiger partial charge >= 0.3 is 0 Å². The van der Waals surface area contributed by atoms with Gasteiger partial charge in [0.15, 0.2) is 6.61 Å². The zero-order valence-electron chi connectivity index (χ0n) is 11.2. The average molecular weight is 328 g/mol. The van der Waals surface area contributed by atoms with Crippen LogP contribution in [0.2, 0.25) is 0 Å². The first-order valence-corrected chi connectivity index (χ1v) is 7.12. The quantitative estimate of drug-likeness (QED) is 0.855. The van der Waals surface area contributed by atoms with E-state index in [9.17, 15) is 4.79 Å². The molecule has 19 heavy (non-hydrogen) atoms. The number of hydrogen-bond donors (Lipinski definition) is 0. The highest BCUT2D eigenvalue weighted by atomic mass is 79.9. The summed E-state index contributed by atoms with van der Waals surface area (Å²) >= 11 is 3.48. The van der Waals surface area contributed by atoms with Gasteiger partial charge in [-0.3, -0.25) is 4.79 Å². The van der Waals surface area contributed by atoms with E-state index in [1.165, 1.54) is 0 Å². The largest absolute Gasteiger partial charge is 0.483 e. The van der Waals surface area contributed by atoms with E-state index in [0.717, 1.165) is 21.3 Å². The van der Waals surface area contributed by atoms with Crippen molar-refractivity contribution in [2.75, 3.05) is 32.9 Å². The molecule has 0 saturated carbocycles. The van der Waals surface area contributed by atoms with Crippen LogP contribution in [0.15, 0.2) is 16.6 Å². The number of amides is 1. The molecule has 0 aliphatic carbocycles. The number of nitrogens with zero attached hydrogens (tertiary/aromatic N) is 1. The molecule has 1 aliphatic rings. The van der Waals surface area contributed by atoms with Crippen LogP contribution in [0.4, 0.5) is 0 Å². The molecule has 0 aromatic heterocycles. The second-order valence-corrected chi connectivity index (χ2v) is 5.50. The van der Waals surface area contributed by atoms with Crippen molar-refractivity contribution in [3.63, 3.8) is 0 Å². The molecule has 1 fully saturated rings. The van der Waals surface area contributed by atoms with Crippen LogP contribution >= 0.6 is 15.9 Å². The maximum atomic E-state index is 12.0. The lowest BCUT2D eigenvalue weighted by Crippen LogP contribution is -2.43. The summed E-state index contributed by atoms with van der Waals surface area (Å²) in [6, 6.07) is 3.95. The standard InChI is InChI=1S/C14H18BrNO3/c1-10-8-13(11(2)7-12(10)15)19-9-14(17)16-3-5-18-6-4-16/h7-8H,3-6,9H2,1-2H3. The predicted molar refractivity (Wildman–Crippen MR) is 76.5 cm³/mol. The van der Waals surface area contributed by atoms with E-state index in [4.69, 9.17) is 9.47 Å². The van der Waals surface area contributed by atoms with E-state index in [0.29, 0.717) is 26.3 Å². The second-order valence-electron chi connectivity index (χ2n) is 4.65. The van der Waals surface area contributed by atoms with Crippen molar-refractivity contribution in [3.05, 3.63) is 27.7 Å². The first-order chi connectivity index (χ1) is 9.08. The highest BCUT2D eigenvalue weighted by Crippen LogP contribution is 2.26. The van der Waals surface area contributed by atoms with Crippen LogP contribution in [-0.2, 0) is 9.53 Å². The smallest absolute Gasteiger partial charge is 0.260 e. The third-order valence-corrected chi connectivity index (χ3v) is 4.03. The molecule has 1 aromatic rings. The highest BCUT2D eigenvalue weighted by Gasteiger charge is 2.17. The molecule has 1 aromatic carbocycles. The highest BCUT2D eigenvalue weighted by molar-refractivity contribution is 9.10. The fourth-order valence-electron chi connectivity index (χ4n) is 1.95. The minimum absolute atomic E-state index is 0.0169. The van der Waals surface area contributed by atoms with E-state index in [1.54, 1.807) is 4.90 Å². The number of carbonyl (C=O) groups is 1. The summed E-state index contributed by atoms with van der Waals surface area (Å²) in [7, 11) is 0. The Hall–Kier alpha value is -1.07. The van der Waals surface area contributed by atoms with Gasteiger partial charge in [0.2, 0.25) is 0 Å². The molecular weight excluding hydrogens is 310 g/mol. The van der Waals surface area contributed by atoms with E-state index in [2.05, 4.69) is 15.9 Å². The Kier molecular flexibility index (Phi) is 4.82. The number of morpholine rings is 1. The monoisotopic (exact) mass is 327 g/mol. The van der Waals surface area contributed by atoms with Crippen molar-refractivity contribution >= 4 is 21.8 Å². The maximum absolute atomic E-state index is 12.0. The van der Waals surface area contributed by atoms with Gasteiger partial charge in [-0.1, -0.05) is 15.9 Å². The molecule has 2 rings (SSSR count). The number of halogens is 1. The lowest BCUT2D eigenvalue weighted by atomic mass is 10.1. The SMILES string of the molecule is Cc1cc(OCC(=O)N2CCOCC2)c(C)cc1Br. The summed E-state index contributed by atoms with van der Waals surface area (Å²) < 4.78 is 11.9. The molecule has 0 unspecified atom stereocenters. The van der Waals surface area contributed by atoms with Crippen molar-refractivity contribution in [2.45, 2.75) is 13.8 Å². The van der Waals surface area contributed by atoms with E-state index in [-0.39, 0.29) is 12.5 Å². The maximum Gasteiger partial charge on any atom is 0.260 e. The Bertz CT molecular complexity index is 470. The summed E-state index contributed by atoms with van der Waals surface area (Å²) in [6.45, 7) is 6.59. The number of ether oxygens (including phenoxy) is 2. The summed E-state index contributed by atoms with van der Waals surface area (Å²) in [5.41, 5.74) is 2.12. The molecule has 104 valence electrons. The predicted octanol–water partition coefficient (Wildman–Crippen LogP) is 2.30. The first kappa shape index (κ1) is 14.3. The minimum atomic E-state index is 0.0169. The zero-order valence-corrected chi connectivity index (χ0v) is 12.8. The second kappa shape index (κ2) is 6.39. The molecule has 1 heterocycles. The average Bonchev–Trinajstić information content (AvgIpc) is 2.42. The summed E-state index contributed by atoms with van der Waals surface area (Å²) in [6.07, 6.45) is 0. The van der Waals surface area contributed by atoms with Crippen LogP contribution in [-0.4, -0.2) is 43.7 Å². The Morgan fingerprint density at radius 2 is 2.00 bits per heavy atom. The molecular formula is C14H18BrNO3. The van der Waals surface area contributed by atoms with E-state index < -0.39 is 0 Å². The molecule has 1 amide bonds. The van der Waals surface area contributed by atoms with Gasteiger partial charge in [-0.15, -0.1) is 0 Å². The molecule has 0 N–H and O–H groups in total. The van der Waals surface area contributed by atoms with Gasteiger partial charge in [0.05, 0.1) is 13.2 Å². The summed E-state index contributed by atoms with van der Waals surface area (Å²) in [5.74, 6) is 0.783. The number of rotatable bonds is 3. The van der Waals surface area contributed by atoms with Crippen molar-refractivity contribution in [1.82, 2.24) is 4.90 Å². The Morgan fingerprint density at radius 1 is 1.32 bits per heavy atom. The van der Waals surface area contributed by atoms with Gasteiger partial charge < -0.3 is 14.4 Å². The fraction of sp³-hybridized carbons (Fsp3) is 0.500. The molecule has 0 spiro atoms. The van der Waals surface area contributed by atoms with Gasteiger partial charge in [-0.2, -0.15) is 0 Å². The number of benzene rings is 1. The van der Waals surface area contributed by atoms with E-state index >= 15 is 0 Å². The minimum Gasteiger partial charge on any atom is -0.483 e. The van der Waals surface area contributed by atoms with Gasteiger partial charge in [-0.05, 0) is 37.1 Å². The van der Waals surface area contributed by atoms with Crippen LogP contribution in [0, 0.1) is 13.8 Å². The van der Waals surface area contributed by atoms with Crippen LogP contribution in [0.5, 0.6) is 5.75 Å². The first-order valence-electron chi connectivity index (χ1n) is 6.33. The number of hydrogen-bond acceptors (Lipinski definition) is 3. The number of carbonyl (C=O) groups excluding carboxylic acids is 1. The van der Waals surface area contributed by atoms with Gasteiger partial charge in [0.1, 0.15) is 5.75 Å². The van der Waals surface area contributed by atoms with Crippen LogP contribution in [0.1, 0.15) is 11.1 Å². The third kappa shape index (κ3) is 3.70. The molecule has 1 aliphatic heterocycles. The van der Waals surface area contributed by atoms with Crippen molar-refractivity contribution in [2.24, 2.45) is 0 Å². The molecule has 4 nitrogen and oxygen atoms in total. The van der Waals surface area contributed by atoms with E-state index in [1.807, 2.05) is 26.0 Å². The molecule has 0 atom stereocenters. The Balaban J connectivity index is 1.94. The lowest BCUT2D eigenvalue weighted by molar-refractivity contribution is -0.137. The van der Waals surface area contributed by atoms with Crippen molar-refractivity contribution in [3.8, 4) is 5.75 Å². The lowest BCUT2D eigenvalue weighted by Gasteiger charge is -2.26. The number of aryl methyl sites for hydroxylation is 2. The Morgan fingerprint density at radius 3 is 2.68 bits per heavy atom. The van der Waals surface area contributed by atoms with Crippen molar-refractivity contribution < 1.29 is 14.3 Å². The molecule has 0 radical (unpaired) electrons. The van der Waals surface area contributed by atoms with Crippen LogP contribution < -0.4 is 4.74 Å². The zero-order chi connectivity index (χ0) is 13.8. The topological polar surface area (TPSA) is 38.8 Å². The normalized spacial score (nSPS) is 15.4. The molecule has 5 heteroatoms. The van der Waals surface area contributed by atoms with Crippen LogP contribution in [0.3, 0.4) is 0 Å². The van der Waals surface area contributed by atoms with Crippen LogP contribution in [0.25, 0.3) is 0 Å². The fourth-order valence-corrected chi connectivity index (χ4v) is 2.41. The molecule has 0 bridgehead atoms. The van der Waals surface area contributed by atoms with Crippen molar-refractivity contribution in [1.29, 1.82) is 0 Å². The Labute approximate surface area is 121 Å². The third-order valence-electron chi connectivity index (χ3n) is 3.17. The van der Waals surface area contributed by atoms with Gasteiger partial charge in [0, 0.05) is 17.6 Å².